The Morgan fingerprint density at radius 2 is 1.11 bits per heavy atom. The van der Waals surface area contributed by atoms with E-state index >= 15 is 0 Å². The fourth-order valence-electron chi connectivity index (χ4n) is 4.49. The van der Waals surface area contributed by atoms with E-state index in [1.54, 1.807) is 0 Å². The third-order valence-corrected chi connectivity index (χ3v) is 5.50. The van der Waals surface area contributed by atoms with Crippen LogP contribution < -0.4 is 0 Å². The third-order valence-electron chi connectivity index (χ3n) is 5.50. The minimum atomic E-state index is -0.974. The zero-order chi connectivity index (χ0) is 13.0. The van der Waals surface area contributed by atoms with Gasteiger partial charge in [0.1, 0.15) is 0 Å². The average molecular weight is 252 g/mol. The summed E-state index contributed by atoms with van der Waals surface area (Å²) in [6, 6.07) is 0. The molecule has 2 unspecified atom stereocenters. The molecule has 0 radical (unpaired) electrons. The van der Waals surface area contributed by atoms with E-state index in [-0.39, 0.29) is 11.8 Å². The molecular formula is C14H20O4. The molecule has 0 aromatic heterocycles. The van der Waals surface area contributed by atoms with Gasteiger partial charge in [0.2, 0.25) is 0 Å². The minimum Gasteiger partial charge on any atom is -0.481 e. The Labute approximate surface area is 106 Å². The highest BCUT2D eigenvalue weighted by molar-refractivity contribution is 5.88. The summed E-state index contributed by atoms with van der Waals surface area (Å²) in [7, 11) is 0. The van der Waals surface area contributed by atoms with Crippen LogP contribution in [0.3, 0.4) is 0 Å². The lowest BCUT2D eigenvalue weighted by Crippen LogP contribution is -2.57. The lowest BCUT2D eigenvalue weighted by molar-refractivity contribution is -0.186. The van der Waals surface area contributed by atoms with Crippen molar-refractivity contribution in [2.75, 3.05) is 0 Å². The predicted octanol–water partition coefficient (Wildman–Crippen LogP) is 2.52. The summed E-state index contributed by atoms with van der Waals surface area (Å²) in [6.45, 7) is 0. The number of carboxylic acid groups (broad SMARTS) is 2. The molecule has 3 saturated carbocycles. The molecule has 2 atom stereocenters. The summed E-state index contributed by atoms with van der Waals surface area (Å²) >= 11 is 0. The zero-order valence-electron chi connectivity index (χ0n) is 10.5. The van der Waals surface area contributed by atoms with Crippen LogP contribution in [0.1, 0.15) is 51.4 Å². The Hall–Kier alpha value is -1.06. The average Bonchev–Trinajstić information content (AvgIpc) is 3.17. The number of hydrogen-bond donors (Lipinski definition) is 2. The lowest BCUT2D eigenvalue weighted by Gasteiger charge is -2.49. The summed E-state index contributed by atoms with van der Waals surface area (Å²) < 4.78 is 0. The first kappa shape index (κ1) is 12.0. The largest absolute Gasteiger partial charge is 0.481 e. The van der Waals surface area contributed by atoms with Gasteiger partial charge in [0.25, 0.3) is 0 Å². The maximum absolute atomic E-state index is 11.9. The summed E-state index contributed by atoms with van der Waals surface area (Å²) in [4.78, 5) is 23.9. The minimum absolute atomic E-state index is 0.104. The highest BCUT2D eigenvalue weighted by Crippen LogP contribution is 2.68. The van der Waals surface area contributed by atoms with Gasteiger partial charge >= 0.3 is 11.9 Å². The molecule has 2 N–H and O–H groups in total. The molecule has 3 fully saturated rings. The number of rotatable bonds is 4. The quantitative estimate of drug-likeness (QED) is 0.806. The van der Waals surface area contributed by atoms with E-state index in [1.807, 2.05) is 0 Å². The molecule has 0 aliphatic heterocycles. The standard InChI is InChI=1S/C14H20O4/c15-11(16)13(9-3-4-9)7-1-2-8-14(13,12(17)18)10-5-6-10/h9-10H,1-8H2,(H,15,16)(H,17,18). The molecule has 0 bridgehead atoms. The highest BCUT2D eigenvalue weighted by atomic mass is 16.4. The Morgan fingerprint density at radius 3 is 1.33 bits per heavy atom. The van der Waals surface area contributed by atoms with Gasteiger partial charge in [-0.05, 0) is 50.4 Å². The molecule has 0 saturated heterocycles. The summed E-state index contributed by atoms with van der Waals surface area (Å²) in [5.41, 5.74) is -1.95. The van der Waals surface area contributed by atoms with Gasteiger partial charge in [0.15, 0.2) is 0 Å². The van der Waals surface area contributed by atoms with Crippen molar-refractivity contribution in [3.8, 4) is 0 Å². The molecular weight excluding hydrogens is 232 g/mol. The Balaban J connectivity index is 2.11. The van der Waals surface area contributed by atoms with Crippen molar-refractivity contribution in [1.82, 2.24) is 0 Å². The van der Waals surface area contributed by atoms with Crippen molar-refractivity contribution < 1.29 is 19.8 Å². The molecule has 100 valence electrons. The normalized spacial score (nSPS) is 40.4. The molecule has 0 heterocycles. The van der Waals surface area contributed by atoms with Crippen molar-refractivity contribution in [1.29, 1.82) is 0 Å². The van der Waals surface area contributed by atoms with E-state index < -0.39 is 22.8 Å². The number of carbonyl (C=O) groups is 2. The van der Waals surface area contributed by atoms with Crippen LogP contribution in [0.15, 0.2) is 0 Å². The number of hydrogen-bond acceptors (Lipinski definition) is 2. The molecule has 0 amide bonds. The van der Waals surface area contributed by atoms with Gasteiger partial charge in [-0.3, -0.25) is 9.59 Å². The van der Waals surface area contributed by atoms with E-state index in [2.05, 4.69) is 0 Å². The topological polar surface area (TPSA) is 74.6 Å². The van der Waals surface area contributed by atoms with Gasteiger partial charge in [-0.1, -0.05) is 12.8 Å². The Bertz CT molecular complexity index is 359. The molecule has 4 heteroatoms. The van der Waals surface area contributed by atoms with Gasteiger partial charge in [-0.25, -0.2) is 0 Å². The van der Waals surface area contributed by atoms with E-state index in [0.717, 1.165) is 38.5 Å². The molecule has 0 aromatic rings. The van der Waals surface area contributed by atoms with Crippen LogP contribution in [0, 0.1) is 22.7 Å². The fourth-order valence-corrected chi connectivity index (χ4v) is 4.49. The maximum Gasteiger partial charge on any atom is 0.311 e. The fraction of sp³-hybridized carbons (Fsp3) is 0.857. The third kappa shape index (κ3) is 1.32. The van der Waals surface area contributed by atoms with E-state index in [0.29, 0.717) is 12.8 Å². The van der Waals surface area contributed by atoms with Crippen molar-refractivity contribution in [3.63, 3.8) is 0 Å². The lowest BCUT2D eigenvalue weighted by atomic mass is 9.51. The monoisotopic (exact) mass is 252 g/mol. The summed E-state index contributed by atoms with van der Waals surface area (Å²) in [5, 5.41) is 19.6. The first-order chi connectivity index (χ1) is 8.55. The maximum atomic E-state index is 11.9. The van der Waals surface area contributed by atoms with E-state index in [1.165, 1.54) is 0 Å². The first-order valence-electron chi connectivity index (χ1n) is 7.02. The smallest absolute Gasteiger partial charge is 0.311 e. The van der Waals surface area contributed by atoms with Gasteiger partial charge in [0.05, 0.1) is 10.8 Å². The number of carboxylic acids is 2. The van der Waals surface area contributed by atoms with Crippen LogP contribution in [0.5, 0.6) is 0 Å². The van der Waals surface area contributed by atoms with Crippen LogP contribution in [0.2, 0.25) is 0 Å². The second-order valence-electron chi connectivity index (χ2n) is 6.31. The van der Waals surface area contributed by atoms with Crippen molar-refractivity contribution in [3.05, 3.63) is 0 Å². The molecule has 3 aliphatic rings. The summed E-state index contributed by atoms with van der Waals surface area (Å²) in [6.07, 6.45) is 6.45. The van der Waals surface area contributed by atoms with E-state index in [4.69, 9.17) is 0 Å². The van der Waals surface area contributed by atoms with Crippen LogP contribution in [-0.2, 0) is 9.59 Å². The molecule has 3 rings (SSSR count). The van der Waals surface area contributed by atoms with Crippen LogP contribution in [0.4, 0.5) is 0 Å². The molecule has 0 spiro atoms. The van der Waals surface area contributed by atoms with Crippen molar-refractivity contribution in [2.24, 2.45) is 22.7 Å². The molecule has 0 aromatic carbocycles. The molecule has 4 nitrogen and oxygen atoms in total. The van der Waals surface area contributed by atoms with Crippen LogP contribution >= 0.6 is 0 Å². The number of aliphatic carboxylic acids is 2. The first-order valence-corrected chi connectivity index (χ1v) is 7.02. The zero-order valence-corrected chi connectivity index (χ0v) is 10.5. The van der Waals surface area contributed by atoms with Crippen molar-refractivity contribution >= 4 is 11.9 Å². The molecule has 3 aliphatic carbocycles. The Morgan fingerprint density at radius 1 is 0.778 bits per heavy atom. The van der Waals surface area contributed by atoms with Gasteiger partial charge < -0.3 is 10.2 Å². The van der Waals surface area contributed by atoms with E-state index in [9.17, 15) is 19.8 Å². The van der Waals surface area contributed by atoms with Gasteiger partial charge in [0, 0.05) is 0 Å². The highest BCUT2D eigenvalue weighted by Gasteiger charge is 2.71. The molecule has 18 heavy (non-hydrogen) atoms. The second-order valence-corrected chi connectivity index (χ2v) is 6.31. The van der Waals surface area contributed by atoms with Gasteiger partial charge in [-0.15, -0.1) is 0 Å². The van der Waals surface area contributed by atoms with Crippen LogP contribution in [-0.4, -0.2) is 22.2 Å². The second kappa shape index (κ2) is 3.72. The van der Waals surface area contributed by atoms with Crippen LogP contribution in [0.25, 0.3) is 0 Å². The van der Waals surface area contributed by atoms with Gasteiger partial charge in [-0.2, -0.15) is 0 Å². The SMILES string of the molecule is O=C(O)C1(C2CC2)CCCCC1(C(=O)O)C1CC1. The van der Waals surface area contributed by atoms with Crippen molar-refractivity contribution in [2.45, 2.75) is 51.4 Å². The predicted molar refractivity (Wildman–Crippen MR) is 64.1 cm³/mol. The summed E-state index contributed by atoms with van der Waals surface area (Å²) in [5.74, 6) is -1.49. The Kier molecular flexibility index (Phi) is 2.48.